The van der Waals surface area contributed by atoms with E-state index in [9.17, 15) is 14.4 Å². The van der Waals surface area contributed by atoms with E-state index in [4.69, 9.17) is 9.52 Å². The smallest absolute Gasteiger partial charge is 0.344 e. The van der Waals surface area contributed by atoms with Crippen LogP contribution in [0.5, 0.6) is 0 Å². The molecule has 2 aliphatic heterocycles. The van der Waals surface area contributed by atoms with Crippen LogP contribution in [0, 0.1) is 0 Å². The van der Waals surface area contributed by atoms with Crippen molar-refractivity contribution in [1.82, 2.24) is 0 Å². The van der Waals surface area contributed by atoms with E-state index in [1.165, 1.54) is 11.3 Å². The van der Waals surface area contributed by atoms with Gasteiger partial charge in [-0.2, -0.15) is 0 Å². The lowest BCUT2D eigenvalue weighted by molar-refractivity contribution is -0.131. The second-order valence-electron chi connectivity index (χ2n) is 8.16. The molecule has 2 aromatic carbocycles. The quantitative estimate of drug-likeness (QED) is 0.483. The molecule has 0 radical (unpaired) electrons. The number of anilines is 2. The van der Waals surface area contributed by atoms with Gasteiger partial charge in [-0.05, 0) is 61.1 Å². The van der Waals surface area contributed by atoms with Crippen LogP contribution in [-0.2, 0) is 22.4 Å². The zero-order valence-electron chi connectivity index (χ0n) is 17.4. The first-order valence-corrected chi connectivity index (χ1v) is 10.7. The number of hydrogen-bond donors (Lipinski definition) is 2. The molecule has 0 saturated heterocycles. The largest absolute Gasteiger partial charge is 0.478 e. The molecule has 3 aromatic rings. The van der Waals surface area contributed by atoms with E-state index in [2.05, 4.69) is 16.3 Å². The Morgan fingerprint density at radius 3 is 2.53 bits per heavy atom. The summed E-state index contributed by atoms with van der Waals surface area (Å²) in [6.07, 6.45) is 5.87. The maximum Gasteiger partial charge on any atom is 0.344 e. The maximum atomic E-state index is 12.9. The van der Waals surface area contributed by atoms with E-state index >= 15 is 0 Å². The lowest BCUT2D eigenvalue weighted by Gasteiger charge is -2.37. The number of benzene rings is 2. The molecule has 0 saturated carbocycles. The van der Waals surface area contributed by atoms with Crippen LogP contribution in [0.3, 0.4) is 0 Å². The maximum absolute atomic E-state index is 12.9. The van der Waals surface area contributed by atoms with Crippen molar-refractivity contribution in [3.05, 3.63) is 70.1 Å². The highest BCUT2D eigenvalue weighted by Gasteiger charge is 2.27. The summed E-state index contributed by atoms with van der Waals surface area (Å²) >= 11 is 0. The normalized spacial score (nSPS) is 15.1. The van der Waals surface area contributed by atoms with Crippen LogP contribution in [0.15, 0.2) is 57.8 Å². The minimum absolute atomic E-state index is 0.386. The summed E-state index contributed by atoms with van der Waals surface area (Å²) in [7, 11) is 0. The Hall–Kier alpha value is -3.87. The predicted molar refractivity (Wildman–Crippen MR) is 122 cm³/mol. The van der Waals surface area contributed by atoms with Crippen LogP contribution in [0.4, 0.5) is 11.4 Å². The Labute approximate surface area is 184 Å². The molecule has 1 amide bonds. The third-order valence-corrected chi connectivity index (χ3v) is 6.06. The molecule has 3 heterocycles. The molecular weight excluding hydrogens is 408 g/mol. The van der Waals surface area contributed by atoms with E-state index in [-0.39, 0.29) is 5.63 Å². The van der Waals surface area contributed by atoms with Gasteiger partial charge in [-0.1, -0.05) is 12.1 Å². The first-order chi connectivity index (χ1) is 15.5. The van der Waals surface area contributed by atoms with Crippen molar-refractivity contribution in [2.45, 2.75) is 25.7 Å². The highest BCUT2D eigenvalue weighted by atomic mass is 16.4. The van der Waals surface area contributed by atoms with Gasteiger partial charge in [-0.3, -0.25) is 4.79 Å². The Morgan fingerprint density at radius 1 is 1.03 bits per heavy atom. The fourth-order valence-electron chi connectivity index (χ4n) is 4.71. The molecule has 1 aromatic heterocycles. The molecule has 0 unspecified atom stereocenters. The fourth-order valence-corrected chi connectivity index (χ4v) is 4.71. The monoisotopic (exact) mass is 430 g/mol. The summed E-state index contributed by atoms with van der Waals surface area (Å²) in [5.41, 5.74) is 5.70. The molecule has 0 atom stereocenters. The third-order valence-electron chi connectivity index (χ3n) is 6.06. The fraction of sp³-hybridized carbons (Fsp3) is 0.240. The first-order valence-electron chi connectivity index (χ1n) is 10.7. The average Bonchev–Trinajstić information content (AvgIpc) is 2.79. The SMILES string of the molecule is O=C(O)/C=C\C(=O)Nc1ccc(-c2cc3cc4c5c(c3oc2=O)CCCN5CCC4)cc1. The van der Waals surface area contributed by atoms with Crippen molar-refractivity contribution in [3.63, 3.8) is 0 Å². The van der Waals surface area contributed by atoms with Crippen LogP contribution < -0.4 is 15.8 Å². The molecule has 0 spiro atoms. The number of hydrogen-bond acceptors (Lipinski definition) is 5. The van der Waals surface area contributed by atoms with Gasteiger partial charge in [0.25, 0.3) is 0 Å². The van der Waals surface area contributed by atoms with Crippen LogP contribution >= 0.6 is 0 Å². The van der Waals surface area contributed by atoms with Crippen LogP contribution in [0.25, 0.3) is 22.1 Å². The second-order valence-corrected chi connectivity index (χ2v) is 8.16. The number of nitrogens with one attached hydrogen (secondary N) is 1. The Bertz CT molecular complexity index is 1320. The van der Waals surface area contributed by atoms with E-state index in [1.807, 2.05) is 6.07 Å². The molecule has 0 aliphatic carbocycles. The van der Waals surface area contributed by atoms with Crippen molar-refractivity contribution in [1.29, 1.82) is 0 Å². The van der Waals surface area contributed by atoms with Gasteiger partial charge in [0, 0.05) is 47.6 Å². The van der Waals surface area contributed by atoms with Crippen molar-refractivity contribution in [2.24, 2.45) is 0 Å². The predicted octanol–water partition coefficient (Wildman–Crippen LogP) is 3.74. The minimum Gasteiger partial charge on any atom is -0.478 e. The lowest BCUT2D eigenvalue weighted by Crippen LogP contribution is -2.34. The zero-order valence-corrected chi connectivity index (χ0v) is 17.4. The van der Waals surface area contributed by atoms with E-state index in [1.54, 1.807) is 24.3 Å². The topological polar surface area (TPSA) is 99.8 Å². The van der Waals surface area contributed by atoms with E-state index < -0.39 is 11.9 Å². The van der Waals surface area contributed by atoms with Gasteiger partial charge in [-0.15, -0.1) is 0 Å². The Kier molecular flexibility index (Phi) is 5.01. The molecule has 0 fully saturated rings. The highest BCUT2D eigenvalue weighted by Crippen LogP contribution is 2.40. The number of fused-ring (bicyclic) bond motifs is 2. The van der Waals surface area contributed by atoms with Gasteiger partial charge < -0.3 is 19.7 Å². The average molecular weight is 430 g/mol. The molecule has 32 heavy (non-hydrogen) atoms. The summed E-state index contributed by atoms with van der Waals surface area (Å²) < 4.78 is 5.85. The number of carbonyl (C=O) groups is 2. The molecular formula is C25H22N2O5. The Balaban J connectivity index is 1.49. The summed E-state index contributed by atoms with van der Waals surface area (Å²) in [4.78, 5) is 37.5. The van der Waals surface area contributed by atoms with Gasteiger partial charge >= 0.3 is 11.6 Å². The number of carboxylic acid groups (broad SMARTS) is 1. The molecule has 7 heteroatoms. The van der Waals surface area contributed by atoms with Crippen molar-refractivity contribution in [3.8, 4) is 11.1 Å². The summed E-state index contributed by atoms with van der Waals surface area (Å²) in [5, 5.41) is 12.1. The minimum atomic E-state index is -1.19. The van der Waals surface area contributed by atoms with E-state index in [0.29, 0.717) is 22.4 Å². The van der Waals surface area contributed by atoms with Crippen molar-refractivity contribution in [2.75, 3.05) is 23.3 Å². The number of rotatable bonds is 4. The van der Waals surface area contributed by atoms with Crippen molar-refractivity contribution < 1.29 is 19.1 Å². The number of aliphatic carboxylic acids is 1. The standard InChI is InChI=1S/C25H22N2O5/c28-21(9-10-22(29)30)26-18-7-5-15(6-8-18)20-14-17-13-16-3-1-11-27-12-2-4-19(23(16)27)24(17)32-25(20)31/h5-10,13-14H,1-4,11-12H2,(H,26,28)(H,29,30)/b10-9-. The van der Waals surface area contributed by atoms with Gasteiger partial charge in [0.2, 0.25) is 5.91 Å². The number of carboxylic acids is 1. The Morgan fingerprint density at radius 2 is 1.78 bits per heavy atom. The van der Waals surface area contributed by atoms with E-state index in [0.717, 1.165) is 61.9 Å². The number of carbonyl (C=O) groups excluding carboxylic acids is 1. The number of nitrogens with zero attached hydrogens (tertiary/aromatic N) is 1. The van der Waals surface area contributed by atoms with Crippen molar-refractivity contribution >= 4 is 34.2 Å². The summed E-state index contributed by atoms with van der Waals surface area (Å²) in [6, 6.07) is 10.9. The van der Waals surface area contributed by atoms with Gasteiger partial charge in [0.05, 0.1) is 5.56 Å². The van der Waals surface area contributed by atoms with Gasteiger partial charge in [0.1, 0.15) is 5.58 Å². The summed E-state index contributed by atoms with van der Waals surface area (Å²) in [5.74, 6) is -1.74. The van der Waals surface area contributed by atoms with Gasteiger partial charge in [-0.25, -0.2) is 9.59 Å². The molecule has 2 N–H and O–H groups in total. The van der Waals surface area contributed by atoms with Crippen LogP contribution in [-0.4, -0.2) is 30.1 Å². The number of aryl methyl sites for hydroxylation is 2. The molecule has 0 bridgehead atoms. The zero-order chi connectivity index (χ0) is 22.2. The molecule has 162 valence electrons. The molecule has 5 rings (SSSR count). The summed E-state index contributed by atoms with van der Waals surface area (Å²) in [6.45, 7) is 2.12. The molecule has 2 aliphatic rings. The number of amides is 1. The lowest BCUT2D eigenvalue weighted by atomic mass is 9.89. The molecule has 7 nitrogen and oxygen atoms in total. The van der Waals surface area contributed by atoms with Gasteiger partial charge in [0.15, 0.2) is 0 Å². The third kappa shape index (κ3) is 3.66. The first kappa shape index (κ1) is 20.1. The second kappa shape index (κ2) is 8.00. The van der Waals surface area contributed by atoms with Crippen LogP contribution in [0.2, 0.25) is 0 Å². The highest BCUT2D eigenvalue weighted by molar-refractivity contribution is 6.02. The van der Waals surface area contributed by atoms with Crippen LogP contribution in [0.1, 0.15) is 24.0 Å².